The van der Waals surface area contributed by atoms with Crippen molar-refractivity contribution in [2.24, 2.45) is 5.92 Å². The van der Waals surface area contributed by atoms with Gasteiger partial charge in [-0.3, -0.25) is 4.79 Å². The molecule has 19 heavy (non-hydrogen) atoms. The second-order valence-corrected chi connectivity index (χ2v) is 5.63. The van der Waals surface area contributed by atoms with Crippen molar-refractivity contribution >= 4 is 29.1 Å². The Morgan fingerprint density at radius 1 is 1.26 bits per heavy atom. The molecule has 0 aliphatic rings. The van der Waals surface area contributed by atoms with Gasteiger partial charge in [0.1, 0.15) is 0 Å². The molecule has 0 radical (unpaired) electrons. The first-order chi connectivity index (χ1) is 9.08. The number of carbonyl (C=O) groups excluding carboxylic acids is 1. The molecule has 0 fully saturated rings. The number of hydrogen-bond acceptors (Lipinski definition) is 1. The van der Waals surface area contributed by atoms with Crippen molar-refractivity contribution in [1.29, 1.82) is 0 Å². The van der Waals surface area contributed by atoms with Gasteiger partial charge >= 0.3 is 0 Å². The lowest BCUT2D eigenvalue weighted by Gasteiger charge is -2.19. The fraction of sp³-hybridized carbons (Fsp3) is 0.533. The van der Waals surface area contributed by atoms with Crippen LogP contribution in [0.25, 0.3) is 0 Å². The van der Waals surface area contributed by atoms with Gasteiger partial charge in [-0.05, 0) is 17.5 Å². The zero-order chi connectivity index (χ0) is 14.3. The molecule has 0 bridgehead atoms. The average molecular weight is 302 g/mol. The number of rotatable bonds is 7. The van der Waals surface area contributed by atoms with E-state index in [9.17, 15) is 4.79 Å². The Bertz CT molecular complexity index is 405. The highest BCUT2D eigenvalue weighted by Gasteiger charge is 2.16. The van der Waals surface area contributed by atoms with Crippen LogP contribution in [0.5, 0.6) is 0 Å². The van der Waals surface area contributed by atoms with Gasteiger partial charge < -0.3 is 5.32 Å². The Hall–Kier alpha value is -0.730. The quantitative estimate of drug-likeness (QED) is 0.757. The SMILES string of the molecule is CCC(CC)C(Cl)CNC(=O)Cc1ccccc1Cl. The molecule has 1 atom stereocenters. The first-order valence-electron chi connectivity index (χ1n) is 6.72. The minimum absolute atomic E-state index is 0.00908. The maximum atomic E-state index is 11.8. The number of benzene rings is 1. The Kier molecular flexibility index (Phi) is 7.25. The number of halogens is 2. The monoisotopic (exact) mass is 301 g/mol. The third kappa shape index (κ3) is 5.42. The van der Waals surface area contributed by atoms with Crippen LogP contribution in [0.1, 0.15) is 32.3 Å². The van der Waals surface area contributed by atoms with E-state index >= 15 is 0 Å². The Morgan fingerprint density at radius 3 is 2.47 bits per heavy atom. The predicted molar refractivity (Wildman–Crippen MR) is 81.9 cm³/mol. The molecule has 1 aromatic carbocycles. The third-order valence-corrected chi connectivity index (χ3v) is 4.24. The first-order valence-corrected chi connectivity index (χ1v) is 7.54. The fourth-order valence-corrected chi connectivity index (χ4v) is 2.69. The second-order valence-electron chi connectivity index (χ2n) is 4.66. The summed E-state index contributed by atoms with van der Waals surface area (Å²) in [6.07, 6.45) is 2.36. The van der Waals surface area contributed by atoms with Crippen molar-refractivity contribution in [3.05, 3.63) is 34.9 Å². The molecule has 1 rings (SSSR count). The van der Waals surface area contributed by atoms with Crippen LogP contribution < -0.4 is 5.32 Å². The van der Waals surface area contributed by atoms with E-state index in [1.807, 2.05) is 18.2 Å². The molecule has 1 amide bonds. The van der Waals surface area contributed by atoms with E-state index in [0.717, 1.165) is 18.4 Å². The van der Waals surface area contributed by atoms with Gasteiger partial charge in [-0.15, -0.1) is 11.6 Å². The van der Waals surface area contributed by atoms with Gasteiger partial charge in [-0.1, -0.05) is 56.5 Å². The molecule has 4 heteroatoms. The highest BCUT2D eigenvalue weighted by molar-refractivity contribution is 6.31. The Labute approximate surface area is 125 Å². The molecule has 0 heterocycles. The lowest BCUT2D eigenvalue weighted by molar-refractivity contribution is -0.120. The summed E-state index contributed by atoms with van der Waals surface area (Å²) in [5.74, 6) is 0.409. The Balaban J connectivity index is 2.42. The van der Waals surface area contributed by atoms with Crippen LogP contribution in [0, 0.1) is 5.92 Å². The lowest BCUT2D eigenvalue weighted by atomic mass is 9.99. The number of hydrogen-bond donors (Lipinski definition) is 1. The topological polar surface area (TPSA) is 29.1 Å². The molecule has 0 saturated heterocycles. The summed E-state index contributed by atoms with van der Waals surface area (Å²) >= 11 is 12.3. The fourth-order valence-electron chi connectivity index (χ4n) is 2.06. The number of amides is 1. The molecule has 0 aromatic heterocycles. The summed E-state index contributed by atoms with van der Waals surface area (Å²) < 4.78 is 0. The van der Waals surface area contributed by atoms with E-state index in [-0.39, 0.29) is 11.3 Å². The Morgan fingerprint density at radius 2 is 1.89 bits per heavy atom. The standard InChI is InChI=1S/C15H21Cl2NO/c1-3-11(4-2)14(17)10-18-15(19)9-12-7-5-6-8-13(12)16/h5-8,11,14H,3-4,9-10H2,1-2H3,(H,18,19). The molecule has 0 aliphatic heterocycles. The zero-order valence-corrected chi connectivity index (χ0v) is 13.0. The van der Waals surface area contributed by atoms with Crippen LogP contribution in [0.4, 0.5) is 0 Å². The molecule has 1 aromatic rings. The summed E-state index contributed by atoms with van der Waals surface area (Å²) in [6, 6.07) is 7.38. The van der Waals surface area contributed by atoms with E-state index in [0.29, 0.717) is 23.9 Å². The van der Waals surface area contributed by atoms with Gasteiger partial charge in [0.05, 0.1) is 11.8 Å². The van der Waals surface area contributed by atoms with Crippen molar-refractivity contribution in [3.63, 3.8) is 0 Å². The summed E-state index contributed by atoms with van der Waals surface area (Å²) in [7, 11) is 0. The summed E-state index contributed by atoms with van der Waals surface area (Å²) in [4.78, 5) is 11.8. The number of nitrogens with one attached hydrogen (secondary N) is 1. The average Bonchev–Trinajstić information content (AvgIpc) is 2.40. The maximum Gasteiger partial charge on any atom is 0.224 e. The number of carbonyl (C=O) groups is 1. The van der Waals surface area contributed by atoms with Crippen molar-refractivity contribution in [1.82, 2.24) is 5.32 Å². The van der Waals surface area contributed by atoms with Crippen molar-refractivity contribution in [3.8, 4) is 0 Å². The summed E-state index contributed by atoms with van der Waals surface area (Å²) in [5.41, 5.74) is 0.843. The zero-order valence-electron chi connectivity index (χ0n) is 11.5. The molecule has 1 N–H and O–H groups in total. The van der Waals surface area contributed by atoms with Crippen molar-refractivity contribution in [2.75, 3.05) is 6.54 Å². The van der Waals surface area contributed by atoms with E-state index in [1.54, 1.807) is 6.07 Å². The van der Waals surface area contributed by atoms with Crippen LogP contribution in [-0.4, -0.2) is 17.8 Å². The second kappa shape index (κ2) is 8.44. The minimum Gasteiger partial charge on any atom is -0.354 e. The normalized spacial score (nSPS) is 12.5. The molecule has 2 nitrogen and oxygen atoms in total. The van der Waals surface area contributed by atoms with Gasteiger partial charge in [0.2, 0.25) is 5.91 Å². The lowest BCUT2D eigenvalue weighted by Crippen LogP contribution is -2.34. The maximum absolute atomic E-state index is 11.8. The van der Waals surface area contributed by atoms with Crippen LogP contribution in [-0.2, 0) is 11.2 Å². The first kappa shape index (κ1) is 16.3. The smallest absolute Gasteiger partial charge is 0.224 e. The van der Waals surface area contributed by atoms with Crippen LogP contribution >= 0.6 is 23.2 Å². The van der Waals surface area contributed by atoms with E-state index in [1.165, 1.54) is 0 Å². The van der Waals surface area contributed by atoms with Crippen LogP contribution in [0.3, 0.4) is 0 Å². The molecular weight excluding hydrogens is 281 g/mol. The van der Waals surface area contributed by atoms with Gasteiger partial charge in [0.25, 0.3) is 0 Å². The van der Waals surface area contributed by atoms with E-state index in [2.05, 4.69) is 19.2 Å². The van der Waals surface area contributed by atoms with E-state index < -0.39 is 0 Å². The molecule has 0 aliphatic carbocycles. The van der Waals surface area contributed by atoms with Crippen molar-refractivity contribution in [2.45, 2.75) is 38.5 Å². The van der Waals surface area contributed by atoms with Gasteiger partial charge in [0, 0.05) is 11.6 Å². The minimum atomic E-state index is -0.0373. The predicted octanol–water partition coefficient (Wildman–Crippen LogP) is 4.04. The van der Waals surface area contributed by atoms with Crippen LogP contribution in [0.2, 0.25) is 5.02 Å². The van der Waals surface area contributed by atoms with Crippen LogP contribution in [0.15, 0.2) is 24.3 Å². The molecule has 106 valence electrons. The summed E-state index contributed by atoms with van der Waals surface area (Å²) in [6.45, 7) is 4.75. The molecule has 0 saturated carbocycles. The third-order valence-electron chi connectivity index (χ3n) is 3.36. The highest BCUT2D eigenvalue weighted by atomic mass is 35.5. The molecule has 0 spiro atoms. The van der Waals surface area contributed by atoms with Gasteiger partial charge in [0.15, 0.2) is 0 Å². The largest absolute Gasteiger partial charge is 0.354 e. The number of alkyl halides is 1. The van der Waals surface area contributed by atoms with Gasteiger partial charge in [-0.2, -0.15) is 0 Å². The summed E-state index contributed by atoms with van der Waals surface area (Å²) in [5, 5.41) is 3.49. The molecular formula is C15H21Cl2NO. The molecule has 1 unspecified atom stereocenters. The van der Waals surface area contributed by atoms with E-state index in [4.69, 9.17) is 23.2 Å². The van der Waals surface area contributed by atoms with Gasteiger partial charge in [-0.25, -0.2) is 0 Å². The highest BCUT2D eigenvalue weighted by Crippen LogP contribution is 2.18. The van der Waals surface area contributed by atoms with Crippen molar-refractivity contribution < 1.29 is 4.79 Å².